The number of carbonyl (C=O) groups excluding carboxylic acids is 1. The number of nitrogens with zero attached hydrogens (tertiary/aromatic N) is 8. The van der Waals surface area contributed by atoms with E-state index in [1.54, 1.807) is 48.5 Å². The van der Waals surface area contributed by atoms with Crippen LogP contribution < -0.4 is 5.32 Å². The smallest absolute Gasteiger partial charge is 0.347 e. The van der Waals surface area contributed by atoms with E-state index in [2.05, 4.69) is 45.7 Å². The Labute approximate surface area is 291 Å². The number of aromatic nitrogens is 4. The Balaban J connectivity index is 1.09. The second-order valence-electron chi connectivity index (χ2n) is 11.8. The molecule has 2 aromatic heterocycles. The van der Waals surface area contributed by atoms with Crippen LogP contribution in [0.2, 0.25) is 0 Å². The van der Waals surface area contributed by atoms with E-state index in [-0.39, 0.29) is 29.9 Å². The molecule has 4 heterocycles. The first-order chi connectivity index (χ1) is 24.1. The van der Waals surface area contributed by atoms with E-state index in [9.17, 15) is 31.1 Å². The molecular formula is C32H30ClF6N9O3. The lowest BCUT2D eigenvalue weighted by molar-refractivity contribution is -0.160. The van der Waals surface area contributed by atoms with Crippen molar-refractivity contribution < 1.29 is 40.2 Å². The zero-order valence-electron chi connectivity index (χ0n) is 27.4. The van der Waals surface area contributed by atoms with E-state index in [4.69, 9.17) is 11.6 Å². The van der Waals surface area contributed by atoms with Gasteiger partial charge in [0.1, 0.15) is 11.5 Å². The predicted octanol–water partition coefficient (Wildman–Crippen LogP) is 6.42. The average Bonchev–Trinajstić information content (AvgIpc) is 3.88. The van der Waals surface area contributed by atoms with E-state index >= 15 is 0 Å². The van der Waals surface area contributed by atoms with Gasteiger partial charge in [0, 0.05) is 38.3 Å². The van der Waals surface area contributed by atoms with Gasteiger partial charge in [0.25, 0.3) is 5.91 Å². The number of hydrazine groups is 2. The summed E-state index contributed by atoms with van der Waals surface area (Å²) in [6.07, 6.45) is -6.65. The summed E-state index contributed by atoms with van der Waals surface area (Å²) in [5.41, 5.74) is 2.49. The molecule has 0 bridgehead atoms. The second kappa shape index (κ2) is 13.6. The molecule has 0 fully saturated rings. The summed E-state index contributed by atoms with van der Waals surface area (Å²) in [7, 11) is 3.62. The first-order valence-corrected chi connectivity index (χ1v) is 15.9. The van der Waals surface area contributed by atoms with Crippen LogP contribution in [0.4, 0.5) is 26.3 Å². The third-order valence-corrected chi connectivity index (χ3v) is 8.97. The summed E-state index contributed by atoms with van der Waals surface area (Å²) < 4.78 is 85.8. The van der Waals surface area contributed by atoms with Gasteiger partial charge in [0.15, 0.2) is 0 Å². The molecule has 0 saturated carbocycles. The molecule has 0 spiro atoms. The number of rotatable bonds is 9. The van der Waals surface area contributed by atoms with Crippen molar-refractivity contribution in [2.24, 2.45) is 0 Å². The highest BCUT2D eigenvalue weighted by atomic mass is 35.5. The van der Waals surface area contributed by atoms with Gasteiger partial charge in [0.2, 0.25) is 11.6 Å². The molecule has 51 heavy (non-hydrogen) atoms. The summed E-state index contributed by atoms with van der Waals surface area (Å²) in [6, 6.07) is 12.7. The second-order valence-corrected chi connectivity index (χ2v) is 12.2. The molecule has 0 saturated heterocycles. The van der Waals surface area contributed by atoms with E-state index < -0.39 is 36.1 Å². The Morgan fingerprint density at radius 3 is 1.82 bits per heavy atom. The normalized spacial score (nSPS) is 18.6. The highest BCUT2D eigenvalue weighted by Gasteiger charge is 2.43. The minimum absolute atomic E-state index is 0.0241. The van der Waals surface area contributed by atoms with E-state index in [1.165, 1.54) is 12.1 Å². The van der Waals surface area contributed by atoms with E-state index in [1.807, 2.05) is 30.9 Å². The maximum Gasteiger partial charge on any atom is 0.471 e. The van der Waals surface area contributed by atoms with Crippen molar-refractivity contribution >= 4 is 17.5 Å². The van der Waals surface area contributed by atoms with Crippen molar-refractivity contribution in [1.29, 1.82) is 0 Å². The molecule has 1 amide bonds. The predicted molar refractivity (Wildman–Crippen MR) is 169 cm³/mol. The van der Waals surface area contributed by atoms with Crippen LogP contribution in [0, 0.1) is 0 Å². The quantitative estimate of drug-likeness (QED) is 0.192. The van der Waals surface area contributed by atoms with Crippen LogP contribution in [0.3, 0.4) is 0 Å². The van der Waals surface area contributed by atoms with Crippen LogP contribution in [0.5, 0.6) is 0 Å². The van der Waals surface area contributed by atoms with Crippen LogP contribution in [0.25, 0.3) is 22.8 Å². The number of halogens is 7. The van der Waals surface area contributed by atoms with Crippen molar-refractivity contribution in [2.45, 2.75) is 57.8 Å². The number of benzene rings is 2. The van der Waals surface area contributed by atoms with Crippen molar-refractivity contribution in [2.75, 3.05) is 14.1 Å². The maximum atomic E-state index is 13.4. The number of hydrogen-bond acceptors (Lipinski definition) is 11. The van der Waals surface area contributed by atoms with Crippen LogP contribution >= 0.6 is 11.6 Å². The first kappa shape index (κ1) is 35.7. The Morgan fingerprint density at radius 1 is 0.843 bits per heavy atom. The third kappa shape index (κ3) is 7.10. The maximum absolute atomic E-state index is 13.4. The van der Waals surface area contributed by atoms with Crippen LogP contribution in [-0.4, -0.2) is 72.4 Å². The first-order valence-electron chi connectivity index (χ1n) is 15.5. The van der Waals surface area contributed by atoms with Gasteiger partial charge >= 0.3 is 24.1 Å². The summed E-state index contributed by atoms with van der Waals surface area (Å²) in [4.78, 5) is 20.3. The van der Waals surface area contributed by atoms with Crippen molar-refractivity contribution in [3.8, 4) is 22.8 Å². The van der Waals surface area contributed by atoms with Gasteiger partial charge in [-0.1, -0.05) is 77.4 Å². The molecule has 270 valence electrons. The Hall–Kier alpha value is -5.10. The molecule has 6 rings (SSSR count). The van der Waals surface area contributed by atoms with Crippen LogP contribution in [0.1, 0.15) is 43.2 Å². The lowest BCUT2D eigenvalue weighted by Crippen LogP contribution is -2.47. The summed E-state index contributed by atoms with van der Waals surface area (Å²) in [5.74, 6) is -2.87. The fourth-order valence-electron chi connectivity index (χ4n) is 5.83. The summed E-state index contributed by atoms with van der Waals surface area (Å²) >= 11 is 6.77. The molecule has 2 aliphatic heterocycles. The SMILES string of the molecule is CCC1C=C(N2C(C)C(Cl)=C(C(=O)NCc3ccc(-c4noc(C(F)(F)F)n4)cc3)N2C)N(C)N1Cc1ccc(-c2noc(C(F)(F)F)n2)cc1. The Kier molecular flexibility index (Phi) is 9.49. The van der Waals surface area contributed by atoms with Crippen molar-refractivity contribution in [3.05, 3.63) is 94.1 Å². The number of carbonyl (C=O) groups is 1. The number of hydrogen-bond donors (Lipinski definition) is 1. The fourth-order valence-corrected chi connectivity index (χ4v) is 6.13. The highest BCUT2D eigenvalue weighted by molar-refractivity contribution is 6.32. The summed E-state index contributed by atoms with van der Waals surface area (Å²) in [5, 5.41) is 17.7. The van der Waals surface area contributed by atoms with Crippen molar-refractivity contribution in [1.82, 2.24) is 45.6 Å². The van der Waals surface area contributed by atoms with Gasteiger partial charge in [0.05, 0.1) is 17.1 Å². The fraction of sp³-hybridized carbons (Fsp3) is 0.344. The van der Waals surface area contributed by atoms with E-state index in [0.717, 1.165) is 17.8 Å². The minimum Gasteiger partial charge on any atom is -0.347 e. The van der Waals surface area contributed by atoms with Crippen molar-refractivity contribution in [3.63, 3.8) is 0 Å². The highest BCUT2D eigenvalue weighted by Crippen LogP contribution is 2.38. The molecule has 2 atom stereocenters. The number of amides is 1. The molecule has 2 unspecified atom stereocenters. The lowest BCUT2D eigenvalue weighted by atomic mass is 10.1. The standard InChI is InChI=1S/C32H30ClF6N9O3/c1-5-22-14-23(45(3)47(22)16-19-8-12-21(13-9-19)27-42-30(51-44-27)32(37,38)39)48-17(2)24(33)25(46(48)4)28(49)40-15-18-6-10-20(11-7-18)26-41-29(50-43-26)31(34,35)36/h6-14,17,22H,5,15-16H2,1-4H3,(H,40,49). The molecule has 2 aliphatic rings. The van der Waals surface area contributed by atoms with Gasteiger partial charge in [-0.05, 0) is 30.5 Å². The zero-order valence-corrected chi connectivity index (χ0v) is 28.2. The zero-order chi connectivity index (χ0) is 36.8. The van der Waals surface area contributed by atoms with Crippen LogP contribution in [0.15, 0.2) is 80.2 Å². The topological polar surface area (TPSA) is 120 Å². The number of likely N-dealkylation sites (N-methyl/N-ethyl adjacent to an activating group) is 1. The minimum atomic E-state index is -4.75. The molecule has 0 aliphatic carbocycles. The van der Waals surface area contributed by atoms with E-state index in [0.29, 0.717) is 28.3 Å². The molecule has 12 nitrogen and oxygen atoms in total. The van der Waals surface area contributed by atoms with Gasteiger partial charge in [-0.3, -0.25) is 19.8 Å². The Morgan fingerprint density at radius 2 is 1.35 bits per heavy atom. The van der Waals surface area contributed by atoms with Gasteiger partial charge in [-0.2, -0.15) is 36.3 Å². The molecule has 2 aromatic carbocycles. The lowest BCUT2D eigenvalue weighted by Gasteiger charge is -2.39. The van der Waals surface area contributed by atoms with Gasteiger partial charge in [-0.15, -0.1) is 0 Å². The molecular weight excluding hydrogens is 708 g/mol. The molecule has 4 aromatic rings. The third-order valence-electron chi connectivity index (χ3n) is 8.47. The Bertz CT molecular complexity index is 1960. The number of alkyl halides is 6. The number of nitrogens with one attached hydrogen (secondary N) is 1. The molecule has 1 N–H and O–H groups in total. The summed E-state index contributed by atoms with van der Waals surface area (Å²) in [6.45, 7) is 4.49. The monoisotopic (exact) mass is 737 g/mol. The van der Waals surface area contributed by atoms with Crippen LogP contribution in [-0.2, 0) is 30.2 Å². The largest absolute Gasteiger partial charge is 0.471 e. The average molecular weight is 738 g/mol. The van der Waals surface area contributed by atoms with Gasteiger partial charge < -0.3 is 14.4 Å². The molecule has 19 heteroatoms. The molecule has 0 radical (unpaired) electrons. The van der Waals surface area contributed by atoms with Gasteiger partial charge in [-0.25, -0.2) is 5.01 Å².